The molecule has 0 radical (unpaired) electrons. The lowest BCUT2D eigenvalue weighted by Gasteiger charge is -2.57. The molecule has 0 bridgehead atoms. The fraction of sp³-hybridized carbons (Fsp3) is 1.00. The molecule has 19 heavy (non-hydrogen) atoms. The van der Waals surface area contributed by atoms with E-state index in [1.165, 1.54) is 64.5 Å². The van der Waals surface area contributed by atoms with Crippen molar-refractivity contribution in [2.75, 3.05) is 19.7 Å². The van der Waals surface area contributed by atoms with Gasteiger partial charge in [-0.25, -0.2) is 0 Å². The molecule has 0 aromatic rings. The zero-order valence-corrected chi connectivity index (χ0v) is 12.9. The van der Waals surface area contributed by atoms with Crippen LogP contribution in [0, 0.1) is 11.3 Å². The van der Waals surface area contributed by atoms with Crippen molar-refractivity contribution < 1.29 is 4.74 Å². The molecule has 2 aliphatic carbocycles. The summed E-state index contributed by atoms with van der Waals surface area (Å²) in [4.78, 5) is 2.79. The van der Waals surface area contributed by atoms with Crippen LogP contribution in [0.15, 0.2) is 0 Å². The summed E-state index contributed by atoms with van der Waals surface area (Å²) in [6.07, 6.45) is 11.8. The summed E-state index contributed by atoms with van der Waals surface area (Å²) in [7, 11) is 0. The summed E-state index contributed by atoms with van der Waals surface area (Å²) >= 11 is 0. The Morgan fingerprint density at radius 1 is 1.00 bits per heavy atom. The molecule has 0 atom stereocenters. The van der Waals surface area contributed by atoms with Gasteiger partial charge in [-0.2, -0.15) is 0 Å². The zero-order valence-electron chi connectivity index (χ0n) is 12.9. The standard InChI is InChI=1S/C17H31NO/c1-3-19-16-6-4-15(5-7-16)18-12-17(13-18)10-8-14(2)9-11-17/h14-16H,3-13H2,1-2H3. The molecular formula is C17H31NO. The average molecular weight is 265 g/mol. The molecule has 0 N–H and O–H groups in total. The molecule has 3 fully saturated rings. The first-order valence-electron chi connectivity index (χ1n) is 8.56. The summed E-state index contributed by atoms with van der Waals surface area (Å²) in [5.74, 6) is 0.987. The maximum absolute atomic E-state index is 5.77. The van der Waals surface area contributed by atoms with E-state index in [4.69, 9.17) is 4.74 Å². The van der Waals surface area contributed by atoms with Gasteiger partial charge in [-0.15, -0.1) is 0 Å². The SMILES string of the molecule is CCOC1CCC(N2CC3(CCC(C)CC3)C2)CC1. The van der Waals surface area contributed by atoms with Gasteiger partial charge in [0.15, 0.2) is 0 Å². The van der Waals surface area contributed by atoms with Crippen molar-refractivity contribution in [3.8, 4) is 0 Å². The minimum atomic E-state index is 0.562. The van der Waals surface area contributed by atoms with Crippen LogP contribution in [0.5, 0.6) is 0 Å². The number of rotatable bonds is 3. The molecule has 1 aliphatic heterocycles. The summed E-state index contributed by atoms with van der Waals surface area (Å²) in [6, 6.07) is 0.877. The predicted octanol–water partition coefficient (Wildman–Crippen LogP) is 3.85. The van der Waals surface area contributed by atoms with Gasteiger partial charge < -0.3 is 4.74 Å². The highest BCUT2D eigenvalue weighted by atomic mass is 16.5. The Kier molecular flexibility index (Phi) is 4.19. The molecule has 3 rings (SSSR count). The van der Waals surface area contributed by atoms with Crippen molar-refractivity contribution in [1.82, 2.24) is 4.90 Å². The molecule has 0 unspecified atom stereocenters. The third kappa shape index (κ3) is 3.00. The largest absolute Gasteiger partial charge is 0.379 e. The predicted molar refractivity (Wildman–Crippen MR) is 79.3 cm³/mol. The molecule has 110 valence electrons. The Morgan fingerprint density at radius 3 is 2.21 bits per heavy atom. The van der Waals surface area contributed by atoms with E-state index in [0.717, 1.165) is 24.0 Å². The molecule has 1 spiro atoms. The minimum Gasteiger partial charge on any atom is -0.379 e. The van der Waals surface area contributed by atoms with Crippen LogP contribution in [0.1, 0.15) is 65.2 Å². The van der Waals surface area contributed by atoms with Gasteiger partial charge >= 0.3 is 0 Å². The number of hydrogen-bond donors (Lipinski definition) is 0. The third-order valence-corrected chi connectivity index (χ3v) is 5.97. The lowest BCUT2D eigenvalue weighted by Crippen LogP contribution is -2.61. The Balaban J connectivity index is 1.42. The topological polar surface area (TPSA) is 12.5 Å². The van der Waals surface area contributed by atoms with Gasteiger partial charge in [-0.1, -0.05) is 19.8 Å². The highest BCUT2D eigenvalue weighted by Gasteiger charge is 2.46. The second-order valence-corrected chi connectivity index (χ2v) is 7.47. The van der Waals surface area contributed by atoms with Crippen molar-refractivity contribution in [1.29, 1.82) is 0 Å². The molecule has 2 heteroatoms. The molecule has 1 heterocycles. The first-order valence-corrected chi connectivity index (χ1v) is 8.56. The maximum atomic E-state index is 5.77. The molecular weight excluding hydrogens is 234 g/mol. The van der Waals surface area contributed by atoms with Gasteiger partial charge in [0, 0.05) is 25.7 Å². The summed E-state index contributed by atoms with van der Waals surface area (Å²) in [6.45, 7) is 8.25. The van der Waals surface area contributed by atoms with Gasteiger partial charge in [0.25, 0.3) is 0 Å². The lowest BCUT2D eigenvalue weighted by molar-refractivity contribution is -0.0804. The summed E-state index contributed by atoms with van der Waals surface area (Å²) in [5.41, 5.74) is 0.739. The molecule has 0 aromatic carbocycles. The molecule has 1 saturated heterocycles. The lowest BCUT2D eigenvalue weighted by atomic mass is 9.65. The van der Waals surface area contributed by atoms with Gasteiger partial charge in [0.1, 0.15) is 0 Å². The van der Waals surface area contributed by atoms with Crippen LogP contribution in [0.3, 0.4) is 0 Å². The van der Waals surface area contributed by atoms with E-state index in [1.807, 2.05) is 0 Å². The van der Waals surface area contributed by atoms with Crippen molar-refractivity contribution in [2.24, 2.45) is 11.3 Å². The summed E-state index contributed by atoms with van der Waals surface area (Å²) in [5, 5.41) is 0. The van der Waals surface area contributed by atoms with Crippen LogP contribution in [-0.4, -0.2) is 36.7 Å². The normalized spacial score (nSPS) is 36.3. The number of likely N-dealkylation sites (tertiary alicyclic amines) is 1. The molecule has 0 aromatic heterocycles. The molecule has 2 nitrogen and oxygen atoms in total. The Labute approximate surface area is 118 Å². The van der Waals surface area contributed by atoms with E-state index in [1.54, 1.807) is 0 Å². The molecule has 0 amide bonds. The molecule has 2 saturated carbocycles. The number of hydrogen-bond acceptors (Lipinski definition) is 2. The van der Waals surface area contributed by atoms with E-state index >= 15 is 0 Å². The fourth-order valence-electron chi connectivity index (χ4n) is 4.58. The molecule has 3 aliphatic rings. The van der Waals surface area contributed by atoms with Gasteiger partial charge in [-0.3, -0.25) is 4.90 Å². The monoisotopic (exact) mass is 265 g/mol. The fourth-order valence-corrected chi connectivity index (χ4v) is 4.58. The van der Waals surface area contributed by atoms with Crippen molar-refractivity contribution in [2.45, 2.75) is 77.4 Å². The third-order valence-electron chi connectivity index (χ3n) is 5.97. The van der Waals surface area contributed by atoms with Crippen LogP contribution in [0.2, 0.25) is 0 Å². The average Bonchev–Trinajstić information content (AvgIpc) is 2.39. The maximum Gasteiger partial charge on any atom is 0.0576 e. The number of ether oxygens (including phenoxy) is 1. The van der Waals surface area contributed by atoms with Crippen molar-refractivity contribution >= 4 is 0 Å². The highest BCUT2D eigenvalue weighted by Crippen LogP contribution is 2.47. The van der Waals surface area contributed by atoms with Crippen LogP contribution in [0.25, 0.3) is 0 Å². The van der Waals surface area contributed by atoms with E-state index in [2.05, 4.69) is 18.7 Å². The second-order valence-electron chi connectivity index (χ2n) is 7.47. The second kappa shape index (κ2) is 5.73. The highest BCUT2D eigenvalue weighted by molar-refractivity contribution is 5.00. The van der Waals surface area contributed by atoms with Crippen LogP contribution >= 0.6 is 0 Å². The van der Waals surface area contributed by atoms with E-state index in [-0.39, 0.29) is 0 Å². The van der Waals surface area contributed by atoms with Crippen LogP contribution < -0.4 is 0 Å². The van der Waals surface area contributed by atoms with E-state index < -0.39 is 0 Å². The Bertz CT molecular complexity index is 280. The van der Waals surface area contributed by atoms with E-state index in [9.17, 15) is 0 Å². The van der Waals surface area contributed by atoms with Gasteiger partial charge in [0.05, 0.1) is 6.10 Å². The van der Waals surface area contributed by atoms with Gasteiger partial charge in [0.2, 0.25) is 0 Å². The first-order chi connectivity index (χ1) is 9.21. The van der Waals surface area contributed by atoms with Gasteiger partial charge in [-0.05, 0) is 56.8 Å². The zero-order chi connectivity index (χ0) is 13.3. The quantitative estimate of drug-likeness (QED) is 0.768. The van der Waals surface area contributed by atoms with E-state index in [0.29, 0.717) is 6.10 Å². The van der Waals surface area contributed by atoms with Crippen molar-refractivity contribution in [3.05, 3.63) is 0 Å². The number of nitrogens with zero attached hydrogens (tertiary/aromatic N) is 1. The first kappa shape index (κ1) is 13.9. The van der Waals surface area contributed by atoms with Crippen LogP contribution in [-0.2, 0) is 4.74 Å². The smallest absolute Gasteiger partial charge is 0.0576 e. The Morgan fingerprint density at radius 2 is 1.63 bits per heavy atom. The Hall–Kier alpha value is -0.0800. The van der Waals surface area contributed by atoms with Crippen LogP contribution in [0.4, 0.5) is 0 Å². The minimum absolute atomic E-state index is 0.562. The summed E-state index contributed by atoms with van der Waals surface area (Å²) < 4.78 is 5.77. The van der Waals surface area contributed by atoms with Crippen molar-refractivity contribution in [3.63, 3.8) is 0 Å².